The van der Waals surface area contributed by atoms with Crippen molar-refractivity contribution in [3.63, 3.8) is 0 Å². The number of rotatable bonds is 6. The molecule has 0 heterocycles. The number of nitrogens with zero attached hydrogens (tertiary/aromatic N) is 1. The monoisotopic (exact) mass is 300 g/mol. The molecule has 3 nitrogen and oxygen atoms in total. The maximum absolute atomic E-state index is 13.8. The van der Waals surface area contributed by atoms with Crippen molar-refractivity contribution >= 4 is 11.5 Å². The molecule has 116 valence electrons. The normalized spacial score (nSPS) is 12.2. The lowest BCUT2D eigenvalue weighted by molar-refractivity contribution is 0.101. The van der Waals surface area contributed by atoms with Crippen LogP contribution in [0.25, 0.3) is 0 Å². The van der Waals surface area contributed by atoms with Gasteiger partial charge in [0.05, 0.1) is 11.6 Å². The van der Waals surface area contributed by atoms with Gasteiger partial charge >= 0.3 is 0 Å². The van der Waals surface area contributed by atoms with E-state index in [1.807, 2.05) is 32.3 Å². The summed E-state index contributed by atoms with van der Waals surface area (Å²) in [6.07, 6.45) is 0. The summed E-state index contributed by atoms with van der Waals surface area (Å²) in [5.41, 5.74) is 1.82. The molecular weight excluding hydrogens is 279 g/mol. The van der Waals surface area contributed by atoms with Crippen molar-refractivity contribution in [1.29, 1.82) is 0 Å². The summed E-state index contributed by atoms with van der Waals surface area (Å²) in [7, 11) is 3.99. The minimum absolute atomic E-state index is 0.119. The minimum atomic E-state index is -0.487. The maximum atomic E-state index is 13.8. The Balaban J connectivity index is 2.21. The van der Waals surface area contributed by atoms with Gasteiger partial charge in [0.25, 0.3) is 0 Å². The van der Waals surface area contributed by atoms with Gasteiger partial charge in [0, 0.05) is 12.2 Å². The fourth-order valence-electron chi connectivity index (χ4n) is 2.51. The molecule has 0 saturated carbocycles. The van der Waals surface area contributed by atoms with E-state index in [1.165, 1.54) is 18.6 Å². The van der Waals surface area contributed by atoms with Gasteiger partial charge in [-0.2, -0.15) is 0 Å². The highest BCUT2D eigenvalue weighted by Gasteiger charge is 2.17. The third-order valence-corrected chi connectivity index (χ3v) is 3.66. The topological polar surface area (TPSA) is 32.3 Å². The molecule has 0 aliphatic heterocycles. The van der Waals surface area contributed by atoms with Crippen LogP contribution >= 0.6 is 0 Å². The number of nitrogens with one attached hydrogen (secondary N) is 1. The van der Waals surface area contributed by atoms with Crippen LogP contribution in [-0.2, 0) is 0 Å². The van der Waals surface area contributed by atoms with E-state index in [0.717, 1.165) is 0 Å². The number of anilines is 1. The van der Waals surface area contributed by atoms with E-state index in [0.29, 0.717) is 12.2 Å². The van der Waals surface area contributed by atoms with Crippen molar-refractivity contribution in [2.75, 3.05) is 26.0 Å². The molecule has 1 unspecified atom stereocenters. The number of carbonyl (C=O) groups is 1. The lowest BCUT2D eigenvalue weighted by Crippen LogP contribution is -2.27. The first kappa shape index (κ1) is 16.2. The van der Waals surface area contributed by atoms with Crippen LogP contribution in [0.3, 0.4) is 0 Å². The zero-order valence-corrected chi connectivity index (χ0v) is 13.1. The molecule has 0 fully saturated rings. The van der Waals surface area contributed by atoms with Crippen molar-refractivity contribution in [1.82, 2.24) is 4.90 Å². The second-order valence-electron chi connectivity index (χ2n) is 5.49. The van der Waals surface area contributed by atoms with Gasteiger partial charge in [-0.3, -0.25) is 4.79 Å². The number of Topliss-reactive ketones (excluding diaryl/α,β-unsaturated/α-hetero) is 1. The van der Waals surface area contributed by atoms with Crippen molar-refractivity contribution in [2.45, 2.75) is 13.0 Å². The van der Waals surface area contributed by atoms with Crippen LogP contribution in [0, 0.1) is 5.82 Å². The Kier molecular flexibility index (Phi) is 5.28. The Morgan fingerprint density at radius 3 is 2.41 bits per heavy atom. The zero-order chi connectivity index (χ0) is 16.1. The number of hydrogen-bond donors (Lipinski definition) is 1. The minimum Gasteiger partial charge on any atom is -0.382 e. The Labute approximate surface area is 130 Å². The number of halogens is 1. The van der Waals surface area contributed by atoms with Gasteiger partial charge in [0.2, 0.25) is 0 Å². The van der Waals surface area contributed by atoms with Gasteiger partial charge in [0.15, 0.2) is 5.78 Å². The second-order valence-corrected chi connectivity index (χ2v) is 5.49. The number of benzene rings is 2. The van der Waals surface area contributed by atoms with Crippen molar-refractivity contribution in [2.24, 2.45) is 0 Å². The molecule has 2 aromatic rings. The maximum Gasteiger partial charge on any atom is 0.164 e. The number of likely N-dealkylation sites (N-methyl/N-ethyl adjacent to an activating group) is 1. The molecule has 0 aromatic heterocycles. The highest BCUT2D eigenvalue weighted by molar-refractivity contribution is 5.99. The lowest BCUT2D eigenvalue weighted by Gasteiger charge is -2.26. The molecule has 0 spiro atoms. The molecule has 0 saturated heterocycles. The first-order valence-corrected chi connectivity index (χ1v) is 7.25. The van der Waals surface area contributed by atoms with Gasteiger partial charge in [-0.25, -0.2) is 4.39 Å². The SMILES string of the molecule is CC(=O)c1c(F)cccc1NCC(c1ccccc1)N(C)C. The quantitative estimate of drug-likeness (QED) is 0.825. The summed E-state index contributed by atoms with van der Waals surface area (Å²) in [6.45, 7) is 1.96. The molecule has 0 aliphatic carbocycles. The van der Waals surface area contributed by atoms with Crippen LogP contribution < -0.4 is 5.32 Å². The fraction of sp³-hybridized carbons (Fsp3) is 0.278. The van der Waals surface area contributed by atoms with Crippen LogP contribution in [-0.4, -0.2) is 31.3 Å². The Hall–Kier alpha value is -2.20. The molecule has 1 atom stereocenters. The molecule has 2 rings (SSSR count). The Bertz CT molecular complexity index is 641. The van der Waals surface area contributed by atoms with Crippen molar-refractivity contribution < 1.29 is 9.18 Å². The molecule has 1 N–H and O–H groups in total. The molecule has 22 heavy (non-hydrogen) atoms. The largest absolute Gasteiger partial charge is 0.382 e. The number of carbonyl (C=O) groups excluding carboxylic acids is 1. The van der Waals surface area contributed by atoms with E-state index in [2.05, 4.69) is 22.3 Å². The van der Waals surface area contributed by atoms with E-state index < -0.39 is 5.82 Å². The zero-order valence-electron chi connectivity index (χ0n) is 13.1. The van der Waals surface area contributed by atoms with E-state index in [1.54, 1.807) is 12.1 Å². The van der Waals surface area contributed by atoms with Gasteiger partial charge in [-0.05, 0) is 38.7 Å². The van der Waals surface area contributed by atoms with Crippen LogP contribution in [0.1, 0.15) is 28.9 Å². The molecule has 0 aliphatic rings. The van der Waals surface area contributed by atoms with Crippen LogP contribution in [0.5, 0.6) is 0 Å². The average molecular weight is 300 g/mol. The van der Waals surface area contributed by atoms with Crippen LogP contribution in [0.15, 0.2) is 48.5 Å². The summed E-state index contributed by atoms with van der Waals surface area (Å²) >= 11 is 0. The summed E-state index contributed by atoms with van der Waals surface area (Å²) in [4.78, 5) is 13.7. The standard InChI is InChI=1S/C18H21FN2O/c1-13(22)18-15(19)10-7-11-16(18)20-12-17(21(2)3)14-8-5-4-6-9-14/h4-11,17,20H,12H2,1-3H3. The number of hydrogen-bond acceptors (Lipinski definition) is 3. The van der Waals surface area contributed by atoms with Gasteiger partial charge in [0.1, 0.15) is 5.82 Å². The van der Waals surface area contributed by atoms with Crippen LogP contribution in [0.4, 0.5) is 10.1 Å². The Morgan fingerprint density at radius 1 is 1.14 bits per heavy atom. The van der Waals surface area contributed by atoms with Gasteiger partial charge in [-0.15, -0.1) is 0 Å². The fourth-order valence-corrected chi connectivity index (χ4v) is 2.51. The molecule has 2 aromatic carbocycles. The van der Waals surface area contributed by atoms with Crippen LogP contribution in [0.2, 0.25) is 0 Å². The predicted molar refractivity (Wildman–Crippen MR) is 87.8 cm³/mol. The number of ketones is 1. The van der Waals surface area contributed by atoms with Gasteiger partial charge in [-0.1, -0.05) is 36.4 Å². The third kappa shape index (κ3) is 3.71. The van der Waals surface area contributed by atoms with E-state index in [9.17, 15) is 9.18 Å². The van der Waals surface area contributed by atoms with Crippen molar-refractivity contribution in [3.05, 3.63) is 65.5 Å². The van der Waals surface area contributed by atoms with E-state index >= 15 is 0 Å². The van der Waals surface area contributed by atoms with Gasteiger partial charge < -0.3 is 10.2 Å². The smallest absolute Gasteiger partial charge is 0.164 e. The molecule has 4 heteroatoms. The Morgan fingerprint density at radius 2 is 1.82 bits per heavy atom. The highest BCUT2D eigenvalue weighted by atomic mass is 19.1. The first-order chi connectivity index (χ1) is 10.5. The molecule has 0 bridgehead atoms. The molecule has 0 amide bonds. The second kappa shape index (κ2) is 7.18. The predicted octanol–water partition coefficient (Wildman–Crippen LogP) is 3.74. The van der Waals surface area contributed by atoms with E-state index in [-0.39, 0.29) is 17.4 Å². The lowest BCUT2D eigenvalue weighted by atomic mass is 10.0. The molecule has 0 radical (unpaired) electrons. The summed E-state index contributed by atoms with van der Waals surface area (Å²) in [5, 5.41) is 3.21. The summed E-state index contributed by atoms with van der Waals surface area (Å²) < 4.78 is 13.8. The summed E-state index contributed by atoms with van der Waals surface area (Å²) in [5.74, 6) is -0.764. The highest BCUT2D eigenvalue weighted by Crippen LogP contribution is 2.23. The first-order valence-electron chi connectivity index (χ1n) is 7.25. The van der Waals surface area contributed by atoms with Crippen molar-refractivity contribution in [3.8, 4) is 0 Å². The molecular formula is C18H21FN2O. The summed E-state index contributed by atoms with van der Waals surface area (Å²) in [6, 6.07) is 14.9. The van der Waals surface area contributed by atoms with E-state index in [4.69, 9.17) is 0 Å². The average Bonchev–Trinajstić information content (AvgIpc) is 2.48. The third-order valence-electron chi connectivity index (χ3n) is 3.66.